The highest BCUT2D eigenvalue weighted by atomic mass is 35.6. The summed E-state index contributed by atoms with van der Waals surface area (Å²) in [6.45, 7) is 5.21. The van der Waals surface area contributed by atoms with Gasteiger partial charge >= 0.3 is 0 Å². The van der Waals surface area contributed by atoms with Crippen molar-refractivity contribution in [3.63, 3.8) is 0 Å². The van der Waals surface area contributed by atoms with Gasteiger partial charge < -0.3 is 9.84 Å². The van der Waals surface area contributed by atoms with Crippen molar-refractivity contribution in [3.8, 4) is 0 Å². The van der Waals surface area contributed by atoms with Gasteiger partial charge in [0.15, 0.2) is 0 Å². The molecule has 0 aliphatic carbocycles. The van der Waals surface area contributed by atoms with Crippen molar-refractivity contribution < 1.29 is 9.84 Å². The predicted molar refractivity (Wildman–Crippen MR) is 62.9 cm³/mol. The van der Waals surface area contributed by atoms with Crippen molar-refractivity contribution >= 4 is 40.7 Å². The van der Waals surface area contributed by atoms with E-state index in [1.165, 1.54) is 0 Å². The van der Waals surface area contributed by atoms with Crippen LogP contribution in [0.25, 0.3) is 0 Å². The van der Waals surface area contributed by atoms with E-state index in [1.807, 2.05) is 0 Å². The minimum absolute atomic E-state index is 0.0326. The van der Waals surface area contributed by atoms with Gasteiger partial charge in [-0.2, -0.15) is 0 Å². The van der Waals surface area contributed by atoms with Gasteiger partial charge in [0.25, 0.3) is 3.79 Å². The van der Waals surface area contributed by atoms with Gasteiger partial charge in [-0.05, 0) is 13.3 Å². The van der Waals surface area contributed by atoms with E-state index in [2.05, 4.69) is 11.6 Å². The van der Waals surface area contributed by atoms with Gasteiger partial charge in [-0.3, -0.25) is 0 Å². The number of aliphatic imine (C=N–C) groups is 1. The van der Waals surface area contributed by atoms with E-state index in [0.717, 1.165) is 0 Å². The summed E-state index contributed by atoms with van der Waals surface area (Å²) < 4.78 is 3.63. The Bertz CT molecular complexity index is 273. The van der Waals surface area contributed by atoms with E-state index >= 15 is 0 Å². The first kappa shape index (κ1) is 13.1. The Labute approximate surface area is 104 Å². The number of halogens is 3. The van der Waals surface area contributed by atoms with E-state index in [-0.39, 0.29) is 11.9 Å². The maximum absolute atomic E-state index is 9.47. The number of hydrogen-bond acceptors (Lipinski definition) is 3. The Balaban J connectivity index is 2.81. The Kier molecular flexibility index (Phi) is 4.29. The van der Waals surface area contributed by atoms with Crippen molar-refractivity contribution in [1.82, 2.24) is 0 Å². The zero-order chi connectivity index (χ0) is 11.6. The second kappa shape index (κ2) is 4.91. The maximum Gasteiger partial charge on any atom is 0.266 e. The summed E-state index contributed by atoms with van der Waals surface area (Å²) in [4.78, 5) is 4.12. The van der Waals surface area contributed by atoms with Crippen molar-refractivity contribution in [1.29, 1.82) is 0 Å². The van der Waals surface area contributed by atoms with Crippen LogP contribution in [0.3, 0.4) is 0 Å². The Morgan fingerprint density at radius 2 is 2.27 bits per heavy atom. The van der Waals surface area contributed by atoms with Crippen LogP contribution in [0.4, 0.5) is 0 Å². The van der Waals surface area contributed by atoms with Crippen LogP contribution in [0.1, 0.15) is 13.3 Å². The fraction of sp³-hybridized carbons (Fsp3) is 0.667. The van der Waals surface area contributed by atoms with Gasteiger partial charge in [0.05, 0.1) is 12.1 Å². The molecule has 0 fully saturated rings. The highest BCUT2D eigenvalue weighted by molar-refractivity contribution is 6.76. The Morgan fingerprint density at radius 3 is 2.67 bits per heavy atom. The van der Waals surface area contributed by atoms with Gasteiger partial charge in [0, 0.05) is 0 Å². The largest absolute Gasteiger partial charge is 0.470 e. The highest BCUT2D eigenvalue weighted by Gasteiger charge is 2.41. The fourth-order valence-electron chi connectivity index (χ4n) is 1.38. The first-order valence-electron chi connectivity index (χ1n) is 4.47. The van der Waals surface area contributed by atoms with Crippen molar-refractivity contribution in [3.05, 3.63) is 12.7 Å². The van der Waals surface area contributed by atoms with Gasteiger partial charge in [-0.1, -0.05) is 40.9 Å². The predicted octanol–water partition coefficient (Wildman–Crippen LogP) is 2.48. The number of alkyl halides is 3. The summed E-state index contributed by atoms with van der Waals surface area (Å²) in [5.74, 6) is 0.0326. The van der Waals surface area contributed by atoms with Gasteiger partial charge in [-0.15, -0.1) is 6.58 Å². The molecule has 1 rings (SSSR count). The average Bonchev–Trinajstić information content (AvgIpc) is 2.48. The molecule has 0 bridgehead atoms. The molecule has 15 heavy (non-hydrogen) atoms. The number of aliphatic hydroxyl groups excluding tert-OH is 1. The number of hydrogen-bond donors (Lipinski definition) is 1. The molecular weight excluding hydrogens is 260 g/mol. The monoisotopic (exact) mass is 271 g/mol. The molecule has 0 aromatic rings. The molecule has 3 atom stereocenters. The first-order valence-corrected chi connectivity index (χ1v) is 5.60. The minimum atomic E-state index is -1.68. The van der Waals surface area contributed by atoms with E-state index in [1.54, 1.807) is 13.0 Å². The van der Waals surface area contributed by atoms with Crippen LogP contribution < -0.4 is 0 Å². The third-order valence-corrected chi connectivity index (χ3v) is 2.52. The van der Waals surface area contributed by atoms with E-state index in [4.69, 9.17) is 39.5 Å². The van der Waals surface area contributed by atoms with Crippen LogP contribution in [0.5, 0.6) is 0 Å². The molecule has 3 nitrogen and oxygen atoms in total. The Hall–Kier alpha value is 0.0400. The quantitative estimate of drug-likeness (QED) is 0.633. The van der Waals surface area contributed by atoms with Gasteiger partial charge in [0.1, 0.15) is 6.10 Å². The molecule has 1 aliphatic heterocycles. The van der Waals surface area contributed by atoms with E-state index in [0.29, 0.717) is 6.42 Å². The summed E-state index contributed by atoms with van der Waals surface area (Å²) in [6.07, 6.45) is 1.10. The second-order valence-electron chi connectivity index (χ2n) is 3.35. The molecule has 0 spiro atoms. The zero-order valence-electron chi connectivity index (χ0n) is 8.16. The van der Waals surface area contributed by atoms with Crippen LogP contribution in [0.2, 0.25) is 0 Å². The smallest absolute Gasteiger partial charge is 0.266 e. The summed E-state index contributed by atoms with van der Waals surface area (Å²) in [5.41, 5.74) is 0. The van der Waals surface area contributed by atoms with Crippen LogP contribution >= 0.6 is 34.8 Å². The number of aliphatic hydroxyl groups is 1. The molecule has 0 saturated heterocycles. The number of rotatable bonds is 3. The second-order valence-corrected chi connectivity index (χ2v) is 5.63. The lowest BCUT2D eigenvalue weighted by Crippen LogP contribution is -2.34. The Morgan fingerprint density at radius 1 is 1.67 bits per heavy atom. The topological polar surface area (TPSA) is 41.8 Å². The number of ether oxygens (including phenoxy) is 1. The van der Waals surface area contributed by atoms with Gasteiger partial charge in [0.2, 0.25) is 5.90 Å². The molecule has 0 amide bonds. The maximum atomic E-state index is 9.47. The van der Waals surface area contributed by atoms with Gasteiger partial charge in [-0.25, -0.2) is 4.99 Å². The lowest BCUT2D eigenvalue weighted by Gasteiger charge is -2.20. The molecule has 1 heterocycles. The SMILES string of the molecule is C=CC[C@@H]1N=C(C(Cl)(Cl)Cl)O[C@@H]1[C@@H](C)O. The average molecular weight is 273 g/mol. The van der Waals surface area contributed by atoms with E-state index < -0.39 is 16.0 Å². The third-order valence-electron chi connectivity index (χ3n) is 2.04. The molecule has 1 N–H and O–H groups in total. The molecule has 0 aromatic heterocycles. The third kappa shape index (κ3) is 3.25. The van der Waals surface area contributed by atoms with Crippen molar-refractivity contribution in [2.75, 3.05) is 0 Å². The standard InChI is InChI=1S/C9H12Cl3NO2/c1-3-4-6-7(5(2)14)15-8(13-6)9(10,11)12/h3,5-7,14H,1,4H2,2H3/t5-,6+,7-/m1/s1. The summed E-state index contributed by atoms with van der Waals surface area (Å²) in [7, 11) is 0. The molecule has 86 valence electrons. The van der Waals surface area contributed by atoms with Crippen LogP contribution in [-0.2, 0) is 4.74 Å². The zero-order valence-corrected chi connectivity index (χ0v) is 10.4. The summed E-state index contributed by atoms with van der Waals surface area (Å²) >= 11 is 16.9. The van der Waals surface area contributed by atoms with Crippen molar-refractivity contribution in [2.45, 2.75) is 35.4 Å². The fourth-order valence-corrected chi connectivity index (χ4v) is 1.66. The summed E-state index contributed by atoms with van der Waals surface area (Å²) in [5, 5.41) is 9.47. The molecular formula is C9H12Cl3NO2. The highest BCUT2D eigenvalue weighted by Crippen LogP contribution is 2.34. The van der Waals surface area contributed by atoms with Crippen LogP contribution in [-0.4, -0.2) is 33.0 Å². The molecule has 0 unspecified atom stereocenters. The molecule has 0 radical (unpaired) electrons. The lowest BCUT2D eigenvalue weighted by atomic mass is 10.0. The minimum Gasteiger partial charge on any atom is -0.470 e. The summed E-state index contributed by atoms with van der Waals surface area (Å²) in [6, 6.07) is -0.242. The van der Waals surface area contributed by atoms with Crippen LogP contribution in [0, 0.1) is 0 Å². The number of nitrogens with zero attached hydrogens (tertiary/aromatic N) is 1. The van der Waals surface area contributed by atoms with E-state index in [9.17, 15) is 5.11 Å². The van der Waals surface area contributed by atoms with Crippen LogP contribution in [0.15, 0.2) is 17.6 Å². The first-order chi connectivity index (χ1) is 6.86. The van der Waals surface area contributed by atoms with Crippen molar-refractivity contribution in [2.24, 2.45) is 4.99 Å². The molecule has 0 aromatic carbocycles. The molecule has 0 saturated carbocycles. The molecule has 6 heteroatoms. The normalized spacial score (nSPS) is 28.2. The lowest BCUT2D eigenvalue weighted by molar-refractivity contribution is 0.0407. The molecule has 1 aliphatic rings.